The van der Waals surface area contributed by atoms with E-state index in [1.165, 1.54) is 50.6 Å². The van der Waals surface area contributed by atoms with Crippen LogP contribution in [0.1, 0.15) is 44.4 Å². The highest BCUT2D eigenvalue weighted by atomic mass is 16.7. The number of esters is 2. The van der Waals surface area contributed by atoms with Crippen LogP contribution >= 0.6 is 0 Å². The summed E-state index contributed by atoms with van der Waals surface area (Å²) in [5, 5.41) is 22.7. The molecule has 252 valence electrons. The zero-order chi connectivity index (χ0) is 34.2. The molecule has 1 aromatic heterocycles. The molecule has 48 heavy (non-hydrogen) atoms. The van der Waals surface area contributed by atoms with Gasteiger partial charge in [0.2, 0.25) is 0 Å². The van der Waals surface area contributed by atoms with Gasteiger partial charge in [-0.2, -0.15) is 5.26 Å². The van der Waals surface area contributed by atoms with E-state index in [4.69, 9.17) is 18.9 Å². The van der Waals surface area contributed by atoms with Crippen LogP contribution in [0.25, 0.3) is 16.8 Å². The number of piperidine rings is 1. The zero-order valence-electron chi connectivity index (χ0n) is 27.0. The number of hydrogen-bond acceptors (Lipinski definition) is 12. The van der Waals surface area contributed by atoms with E-state index >= 15 is 0 Å². The van der Waals surface area contributed by atoms with Gasteiger partial charge in [0.05, 0.1) is 25.2 Å². The minimum atomic E-state index is -1.14. The first-order valence-corrected chi connectivity index (χ1v) is 15.7. The maximum atomic E-state index is 12.9. The summed E-state index contributed by atoms with van der Waals surface area (Å²) in [6, 6.07) is 14.1. The maximum Gasteiger partial charge on any atom is 0.303 e. The number of nitriles is 1. The lowest BCUT2D eigenvalue weighted by Crippen LogP contribution is -2.58. The molecule has 2 aliphatic heterocycles. The number of nitrogens with zero attached hydrogens (tertiary/aromatic N) is 5. The number of rotatable bonds is 11. The highest BCUT2D eigenvalue weighted by Gasteiger charge is 2.50. The lowest BCUT2D eigenvalue weighted by Gasteiger charge is -2.42. The lowest BCUT2D eigenvalue weighted by molar-refractivity contribution is -0.280. The molecule has 0 saturated carbocycles. The number of aromatic nitrogens is 3. The van der Waals surface area contributed by atoms with E-state index in [0.717, 1.165) is 29.4 Å². The minimum absolute atomic E-state index is 0.0132. The first-order valence-electron chi connectivity index (χ1n) is 15.7. The van der Waals surface area contributed by atoms with E-state index in [9.17, 15) is 24.4 Å². The van der Waals surface area contributed by atoms with Crippen LogP contribution in [0.3, 0.4) is 0 Å². The molecule has 2 aliphatic rings. The third-order valence-corrected chi connectivity index (χ3v) is 8.32. The normalized spacial score (nSPS) is 22.8. The fourth-order valence-corrected chi connectivity index (χ4v) is 6.07. The quantitative estimate of drug-likeness (QED) is 0.138. The largest absolute Gasteiger partial charge is 0.459 e. The van der Waals surface area contributed by atoms with Gasteiger partial charge in [0, 0.05) is 39.7 Å². The molecule has 5 atom stereocenters. The number of benzene rings is 2. The third kappa shape index (κ3) is 8.23. The summed E-state index contributed by atoms with van der Waals surface area (Å²) in [5.41, 5.74) is 2.23. The van der Waals surface area contributed by atoms with Gasteiger partial charge >= 0.3 is 11.9 Å². The van der Waals surface area contributed by atoms with Crippen molar-refractivity contribution in [3.8, 4) is 6.07 Å². The number of amides is 1. The van der Waals surface area contributed by atoms with Crippen LogP contribution in [0, 0.1) is 17.2 Å². The van der Waals surface area contributed by atoms with E-state index in [0.29, 0.717) is 12.0 Å². The first-order chi connectivity index (χ1) is 23.2. The van der Waals surface area contributed by atoms with Gasteiger partial charge in [0.1, 0.15) is 35.8 Å². The number of hydrogen-bond donors (Lipinski definition) is 1. The summed E-state index contributed by atoms with van der Waals surface area (Å²) in [6.07, 6.45) is 3.01. The Morgan fingerprint density at radius 1 is 1.04 bits per heavy atom. The lowest BCUT2D eigenvalue weighted by atomic mass is 9.89. The summed E-state index contributed by atoms with van der Waals surface area (Å²) >= 11 is 0. The Morgan fingerprint density at radius 2 is 1.75 bits per heavy atom. The maximum absolute atomic E-state index is 12.9. The standard InChI is InChI=1S/C34H38N6O8/c1-21(42)46-31-29(20-41)32(47-22(2)43)34(45-3)48-30(31)19-40-18-27(37-38-40)17-36-33(44)26(16-35)14-23-7-8-25-15-28(10-9-24(25)13-23)39-11-5-4-6-12-39/h7-10,13-15,18,20,29-32,34H,4-6,11-12,17,19H2,1-3H3,(H,36,44)/b26-14+. The summed E-state index contributed by atoms with van der Waals surface area (Å²) in [7, 11) is 1.33. The van der Waals surface area contributed by atoms with Gasteiger partial charge < -0.3 is 34.0 Å². The topological polar surface area (TPSA) is 175 Å². The molecule has 2 saturated heterocycles. The molecular formula is C34H38N6O8. The van der Waals surface area contributed by atoms with Crippen LogP contribution < -0.4 is 10.2 Å². The van der Waals surface area contributed by atoms with Gasteiger partial charge in [-0.05, 0) is 59.9 Å². The average Bonchev–Trinajstić information content (AvgIpc) is 3.54. The fraction of sp³-hybridized carbons (Fsp3) is 0.441. The summed E-state index contributed by atoms with van der Waals surface area (Å²) < 4.78 is 23.3. The molecule has 0 bridgehead atoms. The second-order valence-corrected chi connectivity index (χ2v) is 11.8. The Balaban J connectivity index is 1.23. The zero-order valence-corrected chi connectivity index (χ0v) is 27.0. The molecule has 5 unspecified atom stereocenters. The minimum Gasteiger partial charge on any atom is -0.459 e. The van der Waals surface area contributed by atoms with Crippen molar-refractivity contribution >= 4 is 46.7 Å². The van der Waals surface area contributed by atoms with Crippen LogP contribution in [-0.4, -0.2) is 83.9 Å². The Kier molecular flexibility index (Phi) is 11.1. The number of nitrogens with one attached hydrogen (secondary N) is 1. The molecular weight excluding hydrogens is 620 g/mol. The van der Waals surface area contributed by atoms with Crippen LogP contribution in [0.5, 0.6) is 0 Å². The van der Waals surface area contributed by atoms with Gasteiger partial charge in [0.15, 0.2) is 12.4 Å². The third-order valence-electron chi connectivity index (χ3n) is 8.32. The van der Waals surface area contributed by atoms with Gasteiger partial charge in [-0.15, -0.1) is 5.10 Å². The molecule has 2 fully saturated rings. The van der Waals surface area contributed by atoms with Crippen molar-refractivity contribution in [2.45, 2.75) is 70.8 Å². The molecule has 3 heterocycles. The molecule has 0 radical (unpaired) electrons. The van der Waals surface area contributed by atoms with Crippen LogP contribution in [0.15, 0.2) is 48.2 Å². The number of methoxy groups -OCH3 is 1. The highest BCUT2D eigenvalue weighted by molar-refractivity contribution is 6.02. The Morgan fingerprint density at radius 3 is 2.44 bits per heavy atom. The molecule has 1 amide bonds. The van der Waals surface area contributed by atoms with Crippen LogP contribution in [-0.2, 0) is 51.2 Å². The molecule has 3 aromatic rings. The van der Waals surface area contributed by atoms with Crippen molar-refractivity contribution < 1.29 is 38.1 Å². The SMILES string of the molecule is COC1OC(Cn2cc(CNC(=O)/C(C#N)=C/c3ccc4cc(N5CCCCC5)ccc4c3)nn2)C(OC(C)=O)C(C=O)C1OC(C)=O. The summed E-state index contributed by atoms with van der Waals surface area (Å²) in [6.45, 7) is 4.45. The molecule has 14 heteroatoms. The number of anilines is 1. The number of carbonyl (C=O) groups is 4. The Labute approximate surface area is 277 Å². The number of fused-ring (bicyclic) bond motifs is 1. The summed E-state index contributed by atoms with van der Waals surface area (Å²) in [4.78, 5) is 51.0. The molecule has 14 nitrogen and oxygen atoms in total. The van der Waals surface area contributed by atoms with Crippen LogP contribution in [0.2, 0.25) is 0 Å². The van der Waals surface area contributed by atoms with Gasteiger partial charge in [-0.3, -0.25) is 14.4 Å². The van der Waals surface area contributed by atoms with Crippen molar-refractivity contribution in [3.05, 3.63) is 59.4 Å². The Bertz CT molecular complexity index is 1730. The average molecular weight is 659 g/mol. The van der Waals surface area contributed by atoms with Crippen molar-refractivity contribution in [1.82, 2.24) is 20.3 Å². The van der Waals surface area contributed by atoms with E-state index in [1.807, 2.05) is 24.3 Å². The van der Waals surface area contributed by atoms with E-state index in [-0.39, 0.29) is 18.7 Å². The van der Waals surface area contributed by atoms with Crippen molar-refractivity contribution in [3.63, 3.8) is 0 Å². The van der Waals surface area contributed by atoms with Crippen molar-refractivity contribution in [2.75, 3.05) is 25.1 Å². The number of aldehydes is 1. The van der Waals surface area contributed by atoms with E-state index in [2.05, 4.69) is 38.7 Å². The monoisotopic (exact) mass is 658 g/mol. The van der Waals surface area contributed by atoms with Crippen molar-refractivity contribution in [1.29, 1.82) is 5.26 Å². The Hall–Kier alpha value is -5.13. The summed E-state index contributed by atoms with van der Waals surface area (Å²) in [5.74, 6) is -2.97. The van der Waals surface area contributed by atoms with Gasteiger partial charge in [-0.25, -0.2) is 4.68 Å². The molecule has 1 N–H and O–H groups in total. The van der Waals surface area contributed by atoms with E-state index in [1.54, 1.807) is 12.3 Å². The van der Waals surface area contributed by atoms with Gasteiger partial charge in [-0.1, -0.05) is 23.4 Å². The predicted octanol–water partition coefficient (Wildman–Crippen LogP) is 2.69. The van der Waals surface area contributed by atoms with E-state index < -0.39 is 48.4 Å². The van der Waals surface area contributed by atoms with Gasteiger partial charge in [0.25, 0.3) is 5.91 Å². The highest BCUT2D eigenvalue weighted by Crippen LogP contribution is 2.31. The first kappa shape index (κ1) is 34.2. The molecule has 5 rings (SSSR count). The van der Waals surface area contributed by atoms with Crippen LogP contribution in [0.4, 0.5) is 5.69 Å². The number of carbonyl (C=O) groups excluding carboxylic acids is 4. The smallest absolute Gasteiger partial charge is 0.303 e. The second kappa shape index (κ2) is 15.6. The molecule has 2 aromatic carbocycles. The predicted molar refractivity (Wildman–Crippen MR) is 172 cm³/mol. The second-order valence-electron chi connectivity index (χ2n) is 11.8. The fourth-order valence-electron chi connectivity index (χ4n) is 6.07. The number of ether oxygens (including phenoxy) is 4. The van der Waals surface area contributed by atoms with Crippen molar-refractivity contribution in [2.24, 2.45) is 5.92 Å². The molecule has 0 spiro atoms. The molecule has 0 aliphatic carbocycles.